The van der Waals surface area contributed by atoms with Gasteiger partial charge in [0.15, 0.2) is 9.04 Å². The van der Waals surface area contributed by atoms with Gasteiger partial charge < -0.3 is 14.2 Å². The molecule has 0 radical (unpaired) electrons. The van der Waals surface area contributed by atoms with Crippen molar-refractivity contribution in [3.05, 3.63) is 35.9 Å². The van der Waals surface area contributed by atoms with Gasteiger partial charge in [0.2, 0.25) is 0 Å². The van der Waals surface area contributed by atoms with Gasteiger partial charge in [0.1, 0.15) is 0 Å². The van der Waals surface area contributed by atoms with Crippen molar-refractivity contribution in [2.45, 2.75) is 45.2 Å². The van der Waals surface area contributed by atoms with Gasteiger partial charge in [-0.3, -0.25) is 0 Å². The second-order valence-corrected chi connectivity index (χ2v) is 10.6. The predicted octanol–water partition coefficient (Wildman–Crippen LogP) is 3.90. The zero-order valence-corrected chi connectivity index (χ0v) is 18.6. The van der Waals surface area contributed by atoms with E-state index in [1.807, 2.05) is 0 Å². The number of hydrogen-bond donors (Lipinski definition) is 0. The van der Waals surface area contributed by atoms with E-state index in [1.54, 1.807) is 0 Å². The first kappa shape index (κ1) is 22.4. The summed E-state index contributed by atoms with van der Waals surface area (Å²) in [5.41, 5.74) is 1.79. The summed E-state index contributed by atoms with van der Waals surface area (Å²) in [6.07, 6.45) is 3.49. The third-order valence-corrected chi connectivity index (χ3v) is 7.83. The van der Waals surface area contributed by atoms with Gasteiger partial charge in [-0.15, -0.1) is 0 Å². The average molecular weight is 365 g/mol. The van der Waals surface area contributed by atoms with Gasteiger partial charge >= 0.3 is 0 Å². The smallest absolute Gasteiger partial charge is 0.177 e. The molecule has 0 aliphatic carbocycles. The van der Waals surface area contributed by atoms with Crippen molar-refractivity contribution < 1.29 is 4.43 Å². The fourth-order valence-electron chi connectivity index (χ4n) is 3.87. The first-order chi connectivity index (χ1) is 11.9. The second kappa shape index (κ2) is 11.8. The second-order valence-electron chi connectivity index (χ2n) is 8.05. The molecule has 0 bridgehead atoms. The number of hydrogen-bond acceptors (Lipinski definition) is 3. The number of aryl methyl sites for hydroxylation is 1. The molecule has 3 nitrogen and oxygen atoms in total. The predicted molar refractivity (Wildman–Crippen MR) is 113 cm³/mol. The lowest BCUT2D eigenvalue weighted by Crippen LogP contribution is -2.44. The lowest BCUT2D eigenvalue weighted by Gasteiger charge is -2.39. The standard InChI is InChI=1S/C21H40N2OSi/c1-7-15-24-25(16-14-20-12-10-9-11-13-20)19-21(8-2,17-22(3)4)18-23(5)6/h9-13,25H,7-8,14-19H2,1-6H3. The lowest BCUT2D eigenvalue weighted by molar-refractivity contribution is 0.149. The van der Waals surface area contributed by atoms with Gasteiger partial charge in [-0.05, 0) is 70.5 Å². The van der Waals surface area contributed by atoms with Crippen molar-refractivity contribution in [1.29, 1.82) is 0 Å². The van der Waals surface area contributed by atoms with Crippen LogP contribution >= 0.6 is 0 Å². The third kappa shape index (κ3) is 9.00. The van der Waals surface area contributed by atoms with Gasteiger partial charge in [-0.25, -0.2) is 0 Å². The fraction of sp³-hybridized carbons (Fsp3) is 0.714. The fourth-order valence-corrected chi connectivity index (χ4v) is 7.10. The van der Waals surface area contributed by atoms with Gasteiger partial charge in [0.05, 0.1) is 0 Å². The summed E-state index contributed by atoms with van der Waals surface area (Å²) in [5.74, 6) is 0. The Morgan fingerprint density at radius 2 is 1.56 bits per heavy atom. The maximum Gasteiger partial charge on any atom is 0.177 e. The van der Waals surface area contributed by atoms with Crippen LogP contribution < -0.4 is 0 Å². The molecule has 1 aromatic rings. The number of benzene rings is 1. The van der Waals surface area contributed by atoms with Crippen molar-refractivity contribution in [2.24, 2.45) is 5.41 Å². The summed E-state index contributed by atoms with van der Waals surface area (Å²) in [6.45, 7) is 7.79. The Bertz CT molecular complexity index is 440. The summed E-state index contributed by atoms with van der Waals surface area (Å²) in [4.78, 5) is 4.71. The van der Waals surface area contributed by atoms with E-state index >= 15 is 0 Å². The number of rotatable bonds is 13. The molecule has 1 atom stereocenters. The molecule has 0 aliphatic heterocycles. The third-order valence-electron chi connectivity index (χ3n) is 4.87. The summed E-state index contributed by atoms with van der Waals surface area (Å²) in [5, 5.41) is 0. The van der Waals surface area contributed by atoms with Crippen LogP contribution in [0.3, 0.4) is 0 Å². The molecule has 1 rings (SSSR count). The number of nitrogens with zero attached hydrogens (tertiary/aromatic N) is 2. The topological polar surface area (TPSA) is 15.7 Å². The molecule has 1 aromatic carbocycles. The minimum Gasteiger partial charge on any atom is -0.420 e. The van der Waals surface area contributed by atoms with E-state index < -0.39 is 9.04 Å². The van der Waals surface area contributed by atoms with Gasteiger partial charge in [-0.1, -0.05) is 44.2 Å². The van der Waals surface area contributed by atoms with E-state index in [1.165, 1.54) is 24.1 Å². The zero-order valence-electron chi connectivity index (χ0n) is 17.4. The van der Waals surface area contributed by atoms with E-state index in [2.05, 4.69) is 82.2 Å². The molecule has 1 unspecified atom stereocenters. The van der Waals surface area contributed by atoms with Crippen LogP contribution in [0.25, 0.3) is 0 Å². The maximum atomic E-state index is 6.44. The lowest BCUT2D eigenvalue weighted by atomic mass is 9.86. The van der Waals surface area contributed by atoms with Crippen molar-refractivity contribution in [2.75, 3.05) is 47.9 Å². The average Bonchev–Trinajstić information content (AvgIpc) is 2.57. The minimum absolute atomic E-state index is 0.342. The quantitative estimate of drug-likeness (QED) is 0.494. The van der Waals surface area contributed by atoms with Crippen LogP contribution in [0, 0.1) is 5.41 Å². The van der Waals surface area contributed by atoms with Crippen LogP contribution in [0.2, 0.25) is 12.1 Å². The molecule has 0 spiro atoms. The molecule has 0 fully saturated rings. The highest BCUT2D eigenvalue weighted by atomic mass is 28.3. The van der Waals surface area contributed by atoms with Crippen molar-refractivity contribution in [3.63, 3.8) is 0 Å². The minimum atomic E-state index is -1.23. The first-order valence-corrected chi connectivity index (χ1v) is 12.0. The van der Waals surface area contributed by atoms with Gasteiger partial charge in [0.25, 0.3) is 0 Å². The van der Waals surface area contributed by atoms with Crippen LogP contribution in [-0.4, -0.2) is 66.7 Å². The molecule has 25 heavy (non-hydrogen) atoms. The van der Waals surface area contributed by atoms with Crippen molar-refractivity contribution >= 4 is 9.04 Å². The monoisotopic (exact) mass is 364 g/mol. The molecule has 0 saturated heterocycles. The normalized spacial score (nSPS) is 13.6. The van der Waals surface area contributed by atoms with Gasteiger partial charge in [0, 0.05) is 19.7 Å². The molecular weight excluding hydrogens is 324 g/mol. The van der Waals surface area contributed by atoms with Gasteiger partial charge in [-0.2, -0.15) is 0 Å². The van der Waals surface area contributed by atoms with E-state index in [-0.39, 0.29) is 0 Å². The first-order valence-electron chi connectivity index (χ1n) is 9.85. The molecule has 144 valence electrons. The Morgan fingerprint density at radius 3 is 2.04 bits per heavy atom. The molecule has 0 aromatic heterocycles. The SMILES string of the molecule is CCCO[SiH](CCc1ccccc1)CC(CC)(CN(C)C)CN(C)C. The Morgan fingerprint density at radius 1 is 0.960 bits per heavy atom. The van der Waals surface area contributed by atoms with E-state index in [0.717, 1.165) is 32.5 Å². The van der Waals surface area contributed by atoms with Crippen molar-refractivity contribution in [3.8, 4) is 0 Å². The molecule has 0 N–H and O–H groups in total. The summed E-state index contributed by atoms with van der Waals surface area (Å²) >= 11 is 0. The molecule has 4 heteroatoms. The van der Waals surface area contributed by atoms with Crippen LogP contribution in [0.5, 0.6) is 0 Å². The molecule has 0 heterocycles. The Kier molecular flexibility index (Phi) is 10.6. The van der Waals surface area contributed by atoms with Crippen LogP contribution in [-0.2, 0) is 10.8 Å². The molecule has 0 saturated carbocycles. The van der Waals surface area contributed by atoms with Crippen molar-refractivity contribution in [1.82, 2.24) is 9.80 Å². The Labute approximate surface area is 158 Å². The summed E-state index contributed by atoms with van der Waals surface area (Å²) < 4.78 is 6.44. The largest absolute Gasteiger partial charge is 0.420 e. The maximum absolute atomic E-state index is 6.44. The van der Waals surface area contributed by atoms with Crippen LogP contribution in [0.1, 0.15) is 32.3 Å². The zero-order chi connectivity index (χ0) is 18.7. The van der Waals surface area contributed by atoms with E-state index in [9.17, 15) is 0 Å². The summed E-state index contributed by atoms with van der Waals surface area (Å²) in [6, 6.07) is 13.4. The highest BCUT2D eigenvalue weighted by Crippen LogP contribution is 2.32. The van der Waals surface area contributed by atoms with Crippen LogP contribution in [0.4, 0.5) is 0 Å². The summed E-state index contributed by atoms with van der Waals surface area (Å²) in [7, 11) is 7.57. The Balaban J connectivity index is 2.82. The van der Waals surface area contributed by atoms with E-state index in [4.69, 9.17) is 4.43 Å². The molecule has 0 aliphatic rings. The highest BCUT2D eigenvalue weighted by molar-refractivity contribution is 6.52. The Hall–Kier alpha value is -0.683. The molecule has 0 amide bonds. The van der Waals surface area contributed by atoms with E-state index in [0.29, 0.717) is 5.41 Å². The molecular formula is C21H40N2OSi. The highest BCUT2D eigenvalue weighted by Gasteiger charge is 2.33. The van der Waals surface area contributed by atoms with Crippen LogP contribution in [0.15, 0.2) is 30.3 Å².